The predicted molar refractivity (Wildman–Crippen MR) is 90.2 cm³/mol. The number of benzene rings is 1. The van der Waals surface area contributed by atoms with E-state index in [9.17, 15) is 9.59 Å². The molecule has 1 amide bonds. The quantitative estimate of drug-likeness (QED) is 0.893. The summed E-state index contributed by atoms with van der Waals surface area (Å²) in [6.45, 7) is 4.99. The molecule has 1 aromatic heterocycles. The lowest BCUT2D eigenvalue weighted by Crippen LogP contribution is -2.32. The Balaban J connectivity index is 2.26. The van der Waals surface area contributed by atoms with Crippen LogP contribution in [-0.4, -0.2) is 15.7 Å². The van der Waals surface area contributed by atoms with Crippen LogP contribution >= 0.6 is 15.9 Å². The first-order chi connectivity index (χ1) is 10.8. The SMILES string of the molecule is Cc1cc(Br)ccc1NC(=O)Cn1nc(C)c(C)c(C#N)c1=O. The van der Waals surface area contributed by atoms with Crippen molar-refractivity contribution in [3.05, 3.63) is 55.4 Å². The van der Waals surface area contributed by atoms with Crippen molar-refractivity contribution >= 4 is 27.5 Å². The van der Waals surface area contributed by atoms with Gasteiger partial charge in [0.2, 0.25) is 5.91 Å². The molecule has 0 saturated heterocycles. The second-order valence-corrected chi connectivity index (χ2v) is 6.08. The molecule has 1 aromatic carbocycles. The zero-order valence-electron chi connectivity index (χ0n) is 13.0. The Hall–Kier alpha value is -2.46. The first-order valence-electron chi connectivity index (χ1n) is 6.88. The number of hydrogen-bond donors (Lipinski definition) is 1. The fraction of sp³-hybridized carbons (Fsp3) is 0.250. The Morgan fingerprint density at radius 1 is 1.39 bits per heavy atom. The largest absolute Gasteiger partial charge is 0.324 e. The van der Waals surface area contributed by atoms with Crippen molar-refractivity contribution in [3.63, 3.8) is 0 Å². The molecule has 0 spiro atoms. The van der Waals surface area contributed by atoms with E-state index in [1.807, 2.05) is 25.1 Å². The van der Waals surface area contributed by atoms with Crippen molar-refractivity contribution in [2.75, 3.05) is 5.32 Å². The Labute approximate surface area is 141 Å². The number of nitrogens with one attached hydrogen (secondary N) is 1. The summed E-state index contributed by atoms with van der Waals surface area (Å²) in [6.07, 6.45) is 0. The zero-order chi connectivity index (χ0) is 17.1. The van der Waals surface area contributed by atoms with E-state index in [1.54, 1.807) is 19.9 Å². The summed E-state index contributed by atoms with van der Waals surface area (Å²) in [6, 6.07) is 7.34. The third-order valence-corrected chi connectivity index (χ3v) is 4.00. The van der Waals surface area contributed by atoms with E-state index < -0.39 is 5.56 Å². The number of carbonyl (C=O) groups excluding carboxylic acids is 1. The Kier molecular flexibility index (Phi) is 4.96. The molecule has 0 aliphatic heterocycles. The summed E-state index contributed by atoms with van der Waals surface area (Å²) in [5.41, 5.74) is 2.11. The van der Waals surface area contributed by atoms with Gasteiger partial charge in [-0.1, -0.05) is 15.9 Å². The lowest BCUT2D eigenvalue weighted by Gasteiger charge is -2.11. The van der Waals surface area contributed by atoms with Crippen LogP contribution in [0.15, 0.2) is 27.5 Å². The van der Waals surface area contributed by atoms with E-state index in [0.29, 0.717) is 16.9 Å². The van der Waals surface area contributed by atoms with Crippen LogP contribution in [0.25, 0.3) is 0 Å². The summed E-state index contributed by atoms with van der Waals surface area (Å²) in [5.74, 6) is -0.378. The van der Waals surface area contributed by atoms with Gasteiger partial charge in [0.1, 0.15) is 18.2 Å². The third-order valence-electron chi connectivity index (χ3n) is 3.50. The number of aromatic nitrogens is 2. The molecule has 23 heavy (non-hydrogen) atoms. The van der Waals surface area contributed by atoms with Crippen LogP contribution in [0, 0.1) is 32.1 Å². The molecule has 0 fully saturated rings. The van der Waals surface area contributed by atoms with Gasteiger partial charge in [-0.3, -0.25) is 9.59 Å². The first kappa shape index (κ1) is 16.9. The third kappa shape index (κ3) is 3.66. The van der Waals surface area contributed by atoms with Crippen molar-refractivity contribution in [1.82, 2.24) is 9.78 Å². The van der Waals surface area contributed by atoms with Crippen LogP contribution in [-0.2, 0) is 11.3 Å². The molecule has 2 rings (SSSR count). The van der Waals surface area contributed by atoms with Crippen molar-refractivity contribution in [1.29, 1.82) is 5.26 Å². The van der Waals surface area contributed by atoms with Crippen molar-refractivity contribution in [2.45, 2.75) is 27.3 Å². The highest BCUT2D eigenvalue weighted by molar-refractivity contribution is 9.10. The summed E-state index contributed by atoms with van der Waals surface area (Å²) in [4.78, 5) is 24.3. The minimum absolute atomic E-state index is 0.0186. The van der Waals surface area contributed by atoms with Crippen LogP contribution in [0.1, 0.15) is 22.4 Å². The summed E-state index contributed by atoms with van der Waals surface area (Å²) in [5, 5.41) is 15.9. The maximum Gasteiger partial charge on any atom is 0.285 e. The molecule has 0 atom stereocenters. The average Bonchev–Trinajstić information content (AvgIpc) is 2.48. The summed E-state index contributed by atoms with van der Waals surface area (Å²) < 4.78 is 1.93. The number of carbonyl (C=O) groups is 1. The minimum atomic E-state index is -0.557. The fourth-order valence-corrected chi connectivity index (χ4v) is 2.58. The van der Waals surface area contributed by atoms with E-state index >= 15 is 0 Å². The first-order valence-corrected chi connectivity index (χ1v) is 7.67. The van der Waals surface area contributed by atoms with Gasteiger partial charge >= 0.3 is 0 Å². The van der Waals surface area contributed by atoms with Crippen LogP contribution in [0.2, 0.25) is 0 Å². The monoisotopic (exact) mass is 374 g/mol. The summed E-state index contributed by atoms with van der Waals surface area (Å²) >= 11 is 3.36. The zero-order valence-corrected chi connectivity index (χ0v) is 14.6. The van der Waals surface area contributed by atoms with Crippen molar-refractivity contribution < 1.29 is 4.79 Å². The van der Waals surface area contributed by atoms with Gasteiger partial charge in [-0.15, -0.1) is 0 Å². The van der Waals surface area contributed by atoms with Crippen LogP contribution in [0.3, 0.4) is 0 Å². The molecule has 1 N–H and O–H groups in total. The number of halogens is 1. The molecule has 6 nitrogen and oxygen atoms in total. The molecule has 0 bridgehead atoms. The standard InChI is InChI=1S/C16H15BrN4O2/c1-9-6-12(17)4-5-14(9)19-15(22)8-21-16(23)13(7-18)10(2)11(3)20-21/h4-6H,8H2,1-3H3,(H,19,22). The second-order valence-electron chi connectivity index (χ2n) is 5.17. The number of hydrogen-bond acceptors (Lipinski definition) is 4. The van der Waals surface area contributed by atoms with Gasteiger partial charge in [0.15, 0.2) is 0 Å². The maximum atomic E-state index is 12.2. The van der Waals surface area contributed by atoms with E-state index in [2.05, 4.69) is 26.3 Å². The molecule has 0 saturated carbocycles. The van der Waals surface area contributed by atoms with Gasteiger partial charge in [0.05, 0.1) is 5.69 Å². The van der Waals surface area contributed by atoms with Crippen LogP contribution < -0.4 is 10.9 Å². The van der Waals surface area contributed by atoms with Gasteiger partial charge in [-0.25, -0.2) is 4.68 Å². The molecule has 0 radical (unpaired) electrons. The van der Waals surface area contributed by atoms with Gasteiger partial charge in [-0.2, -0.15) is 10.4 Å². The Morgan fingerprint density at radius 3 is 2.70 bits per heavy atom. The highest BCUT2D eigenvalue weighted by Crippen LogP contribution is 2.19. The molecule has 118 valence electrons. The molecular formula is C16H15BrN4O2. The lowest BCUT2D eigenvalue weighted by atomic mass is 10.1. The van der Waals surface area contributed by atoms with Crippen LogP contribution in [0.5, 0.6) is 0 Å². The number of anilines is 1. The topological polar surface area (TPSA) is 87.8 Å². The number of nitrogens with zero attached hydrogens (tertiary/aromatic N) is 3. The Morgan fingerprint density at radius 2 is 2.09 bits per heavy atom. The predicted octanol–water partition coefficient (Wildman–Crippen LogP) is 2.44. The second kappa shape index (κ2) is 6.75. The maximum absolute atomic E-state index is 12.2. The molecule has 7 heteroatoms. The lowest BCUT2D eigenvalue weighted by molar-refractivity contribution is -0.117. The number of rotatable bonds is 3. The minimum Gasteiger partial charge on any atom is -0.324 e. The number of amides is 1. The van der Waals surface area contributed by atoms with E-state index in [-0.39, 0.29) is 18.0 Å². The molecular weight excluding hydrogens is 360 g/mol. The molecule has 2 aromatic rings. The molecule has 0 aliphatic carbocycles. The highest BCUT2D eigenvalue weighted by atomic mass is 79.9. The van der Waals surface area contributed by atoms with E-state index in [1.165, 1.54) is 0 Å². The van der Waals surface area contributed by atoms with E-state index in [4.69, 9.17) is 5.26 Å². The van der Waals surface area contributed by atoms with Crippen molar-refractivity contribution in [2.24, 2.45) is 0 Å². The molecule has 0 unspecified atom stereocenters. The highest BCUT2D eigenvalue weighted by Gasteiger charge is 2.14. The molecule has 1 heterocycles. The number of nitriles is 1. The molecule has 0 aliphatic rings. The van der Waals surface area contributed by atoms with Gasteiger partial charge in [-0.05, 0) is 50.1 Å². The smallest absolute Gasteiger partial charge is 0.285 e. The van der Waals surface area contributed by atoms with Gasteiger partial charge in [0.25, 0.3) is 5.56 Å². The fourth-order valence-electron chi connectivity index (χ4n) is 2.10. The number of aryl methyl sites for hydroxylation is 2. The normalized spacial score (nSPS) is 10.2. The average molecular weight is 375 g/mol. The van der Waals surface area contributed by atoms with Crippen LogP contribution in [0.4, 0.5) is 5.69 Å². The van der Waals surface area contributed by atoms with Gasteiger partial charge in [0, 0.05) is 10.2 Å². The van der Waals surface area contributed by atoms with Gasteiger partial charge < -0.3 is 5.32 Å². The van der Waals surface area contributed by atoms with E-state index in [0.717, 1.165) is 14.7 Å². The summed E-state index contributed by atoms with van der Waals surface area (Å²) in [7, 11) is 0. The van der Waals surface area contributed by atoms with Crippen molar-refractivity contribution in [3.8, 4) is 6.07 Å². The Bertz CT molecular complexity index is 881.